The van der Waals surface area contributed by atoms with E-state index in [0.29, 0.717) is 19.3 Å². The fraction of sp³-hybridized carbons (Fsp3) is 0.600. The fourth-order valence-corrected chi connectivity index (χ4v) is 4.82. The van der Waals surface area contributed by atoms with E-state index in [1.54, 1.807) is 12.1 Å². The van der Waals surface area contributed by atoms with Crippen molar-refractivity contribution in [2.45, 2.75) is 83.1 Å². The van der Waals surface area contributed by atoms with Crippen LogP contribution in [0, 0.1) is 5.92 Å². The standard InChI is InChI=1S/C25H36N2O6S/c1-5-14-33-23(31)20(15-18-8-10-19(29)11-9-18)26-24(32)25(12-6-7-13-25)27-22(30)21(16(2)3)34-17(4)28/h8-11,16,20-21,29H,5-7,12-15H2,1-4H3,(H,26,32)(H,27,30)/t20-,21-/m0/s1. The summed E-state index contributed by atoms with van der Waals surface area (Å²) < 4.78 is 5.31. The molecule has 0 heterocycles. The van der Waals surface area contributed by atoms with Crippen molar-refractivity contribution in [1.82, 2.24) is 10.6 Å². The molecule has 0 bridgehead atoms. The van der Waals surface area contributed by atoms with Crippen molar-refractivity contribution in [2.24, 2.45) is 5.92 Å². The molecule has 1 aromatic rings. The highest BCUT2D eigenvalue weighted by Gasteiger charge is 2.45. The van der Waals surface area contributed by atoms with Crippen LogP contribution in [0.15, 0.2) is 24.3 Å². The number of nitrogens with one attached hydrogen (secondary N) is 2. The minimum Gasteiger partial charge on any atom is -0.508 e. The Kier molecular flexibility index (Phi) is 10.4. The fourth-order valence-electron chi connectivity index (χ4n) is 4.03. The number of benzene rings is 1. The molecule has 0 radical (unpaired) electrons. The van der Waals surface area contributed by atoms with Gasteiger partial charge in [-0.2, -0.15) is 0 Å². The SMILES string of the molecule is CCCOC(=O)[C@H](Cc1ccc(O)cc1)NC(=O)C1(NC(=O)[C@@H](SC(C)=O)C(C)C)CCCC1. The van der Waals surface area contributed by atoms with Gasteiger partial charge in [0.1, 0.15) is 17.3 Å². The minimum atomic E-state index is -1.14. The summed E-state index contributed by atoms with van der Waals surface area (Å²) in [6.45, 7) is 7.26. The molecule has 1 aromatic carbocycles. The Hall–Kier alpha value is -2.55. The van der Waals surface area contributed by atoms with Crippen LogP contribution < -0.4 is 10.6 Å². The molecule has 8 nitrogen and oxygen atoms in total. The Bertz CT molecular complexity index is 865. The topological polar surface area (TPSA) is 122 Å². The van der Waals surface area contributed by atoms with E-state index in [1.807, 2.05) is 20.8 Å². The van der Waals surface area contributed by atoms with Crippen LogP contribution in [0.2, 0.25) is 0 Å². The number of ether oxygens (including phenoxy) is 1. The molecule has 9 heteroatoms. The molecule has 1 aliphatic carbocycles. The molecule has 2 rings (SSSR count). The van der Waals surface area contributed by atoms with Crippen LogP contribution in [0.3, 0.4) is 0 Å². The van der Waals surface area contributed by atoms with E-state index < -0.39 is 28.7 Å². The van der Waals surface area contributed by atoms with Crippen molar-refractivity contribution in [3.05, 3.63) is 29.8 Å². The van der Waals surface area contributed by atoms with Gasteiger partial charge in [-0.05, 0) is 42.9 Å². The van der Waals surface area contributed by atoms with E-state index in [4.69, 9.17) is 4.74 Å². The molecule has 34 heavy (non-hydrogen) atoms. The molecule has 0 aliphatic heterocycles. The molecule has 1 saturated carbocycles. The summed E-state index contributed by atoms with van der Waals surface area (Å²) >= 11 is 0.963. The Labute approximate surface area is 205 Å². The van der Waals surface area contributed by atoms with Crippen molar-refractivity contribution in [3.8, 4) is 5.75 Å². The van der Waals surface area contributed by atoms with Crippen molar-refractivity contribution in [3.63, 3.8) is 0 Å². The van der Waals surface area contributed by atoms with Crippen LogP contribution in [0.4, 0.5) is 0 Å². The van der Waals surface area contributed by atoms with Crippen LogP contribution in [0.25, 0.3) is 0 Å². The first-order chi connectivity index (χ1) is 16.1. The number of esters is 1. The van der Waals surface area contributed by atoms with E-state index >= 15 is 0 Å². The van der Waals surface area contributed by atoms with Gasteiger partial charge in [0.05, 0.1) is 11.9 Å². The lowest BCUT2D eigenvalue weighted by Crippen LogP contribution is -2.61. The molecule has 2 atom stereocenters. The number of phenolic OH excluding ortho intramolecular Hbond substituents is 1. The zero-order valence-electron chi connectivity index (χ0n) is 20.4. The summed E-state index contributed by atoms with van der Waals surface area (Å²) in [5.41, 5.74) is -0.390. The zero-order valence-corrected chi connectivity index (χ0v) is 21.2. The smallest absolute Gasteiger partial charge is 0.328 e. The minimum absolute atomic E-state index is 0.0957. The van der Waals surface area contributed by atoms with E-state index in [2.05, 4.69) is 10.6 Å². The molecule has 0 spiro atoms. The number of hydrogen-bond acceptors (Lipinski definition) is 7. The van der Waals surface area contributed by atoms with Crippen LogP contribution >= 0.6 is 11.8 Å². The maximum absolute atomic E-state index is 13.5. The molecule has 0 saturated heterocycles. The first kappa shape index (κ1) is 27.7. The second kappa shape index (κ2) is 12.8. The van der Waals surface area contributed by atoms with Crippen molar-refractivity contribution in [2.75, 3.05) is 6.61 Å². The summed E-state index contributed by atoms with van der Waals surface area (Å²) in [7, 11) is 0. The molecule has 0 unspecified atom stereocenters. The second-order valence-corrected chi connectivity index (χ2v) is 10.4. The Morgan fingerprint density at radius 2 is 1.74 bits per heavy atom. The lowest BCUT2D eigenvalue weighted by Gasteiger charge is -2.33. The Morgan fingerprint density at radius 3 is 2.26 bits per heavy atom. The summed E-state index contributed by atoms with van der Waals surface area (Å²) in [4.78, 5) is 51.0. The number of carbonyl (C=O) groups is 4. The first-order valence-electron chi connectivity index (χ1n) is 11.8. The largest absolute Gasteiger partial charge is 0.508 e. The molecule has 0 aromatic heterocycles. The number of carbonyl (C=O) groups excluding carboxylic acids is 4. The van der Waals surface area contributed by atoms with Gasteiger partial charge in [-0.25, -0.2) is 4.79 Å². The number of hydrogen-bond donors (Lipinski definition) is 3. The summed E-state index contributed by atoms with van der Waals surface area (Å²) in [6, 6.07) is 5.46. The average Bonchev–Trinajstić information content (AvgIpc) is 3.26. The first-order valence-corrected chi connectivity index (χ1v) is 12.7. The Balaban J connectivity index is 2.22. The third-order valence-electron chi connectivity index (χ3n) is 5.83. The number of thioether (sulfide) groups is 1. The van der Waals surface area contributed by atoms with Crippen molar-refractivity contribution in [1.29, 1.82) is 0 Å². The van der Waals surface area contributed by atoms with Crippen molar-refractivity contribution >= 4 is 34.7 Å². The van der Waals surface area contributed by atoms with E-state index in [1.165, 1.54) is 19.1 Å². The number of amides is 2. The van der Waals surface area contributed by atoms with Gasteiger partial charge in [0.2, 0.25) is 11.8 Å². The molecule has 3 N–H and O–H groups in total. The quantitative estimate of drug-likeness (QED) is 0.406. The van der Waals surface area contributed by atoms with Gasteiger partial charge >= 0.3 is 5.97 Å². The summed E-state index contributed by atoms with van der Waals surface area (Å²) in [5, 5.41) is 14.5. The van der Waals surface area contributed by atoms with Crippen LogP contribution in [-0.2, 0) is 30.3 Å². The number of phenols is 1. The molecule has 2 amide bonds. The average molecular weight is 493 g/mol. The van der Waals surface area contributed by atoms with Gasteiger partial charge in [-0.3, -0.25) is 14.4 Å². The predicted molar refractivity (Wildman–Crippen MR) is 131 cm³/mol. The van der Waals surface area contributed by atoms with E-state index in [9.17, 15) is 24.3 Å². The van der Waals surface area contributed by atoms with Gasteiger partial charge in [0.15, 0.2) is 5.12 Å². The van der Waals surface area contributed by atoms with E-state index in [-0.39, 0.29) is 35.7 Å². The molecular formula is C25H36N2O6S. The molecule has 1 aliphatic rings. The predicted octanol–water partition coefficient (Wildman–Crippen LogP) is 3.11. The molecule has 188 valence electrons. The maximum atomic E-state index is 13.5. The highest BCUT2D eigenvalue weighted by molar-refractivity contribution is 8.14. The lowest BCUT2D eigenvalue weighted by atomic mass is 9.94. The monoisotopic (exact) mass is 492 g/mol. The van der Waals surface area contributed by atoms with Gasteiger partial charge in [0.25, 0.3) is 0 Å². The third-order valence-corrected chi connectivity index (χ3v) is 7.17. The normalized spacial score (nSPS) is 16.5. The third kappa shape index (κ3) is 7.75. The second-order valence-electron chi connectivity index (χ2n) is 9.12. The van der Waals surface area contributed by atoms with Crippen LogP contribution in [0.1, 0.15) is 65.4 Å². The summed E-state index contributed by atoms with van der Waals surface area (Å²) in [5.74, 6) is -1.31. The zero-order chi connectivity index (χ0) is 25.3. The van der Waals surface area contributed by atoms with Crippen LogP contribution in [-0.4, -0.2) is 51.4 Å². The van der Waals surface area contributed by atoms with Gasteiger partial charge in [-0.15, -0.1) is 0 Å². The van der Waals surface area contributed by atoms with Crippen LogP contribution in [0.5, 0.6) is 5.75 Å². The number of rotatable bonds is 11. The molecular weight excluding hydrogens is 456 g/mol. The highest BCUT2D eigenvalue weighted by Crippen LogP contribution is 2.32. The van der Waals surface area contributed by atoms with Gasteiger partial charge < -0.3 is 20.5 Å². The van der Waals surface area contributed by atoms with E-state index in [0.717, 1.165) is 30.2 Å². The summed E-state index contributed by atoms with van der Waals surface area (Å²) in [6.07, 6.45) is 3.28. The highest BCUT2D eigenvalue weighted by atomic mass is 32.2. The Morgan fingerprint density at radius 1 is 1.12 bits per heavy atom. The number of aromatic hydroxyl groups is 1. The van der Waals surface area contributed by atoms with Gasteiger partial charge in [0, 0.05) is 13.3 Å². The lowest BCUT2D eigenvalue weighted by molar-refractivity contribution is -0.148. The maximum Gasteiger partial charge on any atom is 0.328 e. The molecule has 1 fully saturated rings. The van der Waals surface area contributed by atoms with Gasteiger partial charge in [-0.1, -0.05) is 57.5 Å². The van der Waals surface area contributed by atoms with Crippen molar-refractivity contribution < 1.29 is 29.0 Å².